The van der Waals surface area contributed by atoms with Gasteiger partial charge in [0.05, 0.1) is 0 Å². The second kappa shape index (κ2) is 17.7. The van der Waals surface area contributed by atoms with Crippen molar-refractivity contribution < 1.29 is 56.6 Å². The third kappa shape index (κ3) is 9.08. The van der Waals surface area contributed by atoms with Gasteiger partial charge in [-0.1, -0.05) is 6.92 Å². The zero-order valence-corrected chi connectivity index (χ0v) is 33.5. The second-order valence-corrected chi connectivity index (χ2v) is 16.1. The summed E-state index contributed by atoms with van der Waals surface area (Å²) in [6.07, 6.45) is 0.694. The zero-order valence-electron chi connectivity index (χ0n) is 33.5. The van der Waals surface area contributed by atoms with Crippen molar-refractivity contribution in [2.24, 2.45) is 5.92 Å². The summed E-state index contributed by atoms with van der Waals surface area (Å²) in [5, 5.41) is 10.5. The number of amides is 7. The molecule has 2 aromatic carbocycles. The summed E-state index contributed by atoms with van der Waals surface area (Å²) in [4.78, 5) is 102. The lowest BCUT2D eigenvalue weighted by atomic mass is 9.99. The van der Waals surface area contributed by atoms with E-state index in [1.807, 2.05) is 6.92 Å². The standard InChI is InChI=1S/C41H49F2N7O10/c1-21-13-31-40(56)60-23(3)34(39(55)49-12-6-8-30(49)38(54)48-11-5-4-7-29(48)36(52)44-22(2)37(53)50(31)19-21)47-35(51)28(16-24-14-25(42)17-26(43)15-24)46-41(57)45-27-9-10-32-33(18-27)59-20-58-32/h9-10,14-15,17-18,21-23,28-31,34H,4-8,11-13,16,19-20H2,1-3H3,(H,44,52)(H,47,51)(H2,45,46,57)/t21-,22-,23-,28?,29-,30-,31-,34-/m0/s1. The number of cyclic esters (lactones) is 1. The van der Waals surface area contributed by atoms with Gasteiger partial charge in [-0.05, 0) is 88.1 Å². The largest absolute Gasteiger partial charge is 0.458 e. The monoisotopic (exact) mass is 837 g/mol. The number of urea groups is 1. The highest BCUT2D eigenvalue weighted by atomic mass is 19.1. The SMILES string of the molecule is C[C@H]1C[C@H]2C(=O)O[C@@H](C)[C@H](NC(=O)C(Cc3cc(F)cc(F)c3)NC(=O)Nc3ccc4c(c3)OCO4)C(=O)N3CCC[C@H]3C(=O)N3CCCC[C@H]3C(=O)N[C@@H](C)C(=O)N2C1. The normalized spacial score (nSPS) is 27.6. The molecule has 7 amide bonds. The lowest BCUT2D eigenvalue weighted by Crippen LogP contribution is -2.63. The molecule has 17 nitrogen and oxygen atoms in total. The number of benzene rings is 2. The predicted molar refractivity (Wildman–Crippen MR) is 207 cm³/mol. The quantitative estimate of drug-likeness (QED) is 0.312. The van der Waals surface area contributed by atoms with Crippen LogP contribution in [-0.2, 0) is 39.9 Å². The van der Waals surface area contributed by atoms with Gasteiger partial charge in [0, 0.05) is 43.9 Å². The summed E-state index contributed by atoms with van der Waals surface area (Å²) >= 11 is 0. The molecule has 4 N–H and O–H groups in total. The first-order chi connectivity index (χ1) is 28.7. The summed E-state index contributed by atoms with van der Waals surface area (Å²) in [5.74, 6) is -5.26. The molecule has 7 rings (SSSR count). The number of hydrogen-bond donors (Lipinski definition) is 4. The van der Waals surface area contributed by atoms with E-state index in [4.69, 9.17) is 14.2 Å². The van der Waals surface area contributed by atoms with Crippen molar-refractivity contribution >= 4 is 47.2 Å². The van der Waals surface area contributed by atoms with Gasteiger partial charge in [-0.3, -0.25) is 24.0 Å². The number of esters is 1. The Morgan fingerprint density at radius 3 is 2.28 bits per heavy atom. The van der Waals surface area contributed by atoms with Crippen LogP contribution in [-0.4, -0.2) is 125 Å². The van der Waals surface area contributed by atoms with Crippen molar-refractivity contribution in [3.8, 4) is 11.5 Å². The van der Waals surface area contributed by atoms with Crippen LogP contribution in [0.25, 0.3) is 0 Å². The molecule has 0 saturated carbocycles. The molecule has 0 bridgehead atoms. The van der Waals surface area contributed by atoms with Crippen LogP contribution in [0, 0.1) is 17.6 Å². The minimum absolute atomic E-state index is 0.000473. The van der Waals surface area contributed by atoms with Crippen molar-refractivity contribution in [2.45, 2.75) is 108 Å². The maximum Gasteiger partial charge on any atom is 0.329 e. The van der Waals surface area contributed by atoms with E-state index in [-0.39, 0.29) is 56.4 Å². The first-order valence-corrected chi connectivity index (χ1v) is 20.3. The molecule has 4 fully saturated rings. The van der Waals surface area contributed by atoms with Crippen molar-refractivity contribution in [1.29, 1.82) is 0 Å². The Morgan fingerprint density at radius 2 is 1.52 bits per heavy atom. The van der Waals surface area contributed by atoms with Crippen LogP contribution >= 0.6 is 0 Å². The molecule has 2 aromatic rings. The first-order valence-electron chi connectivity index (χ1n) is 20.3. The Kier molecular flexibility index (Phi) is 12.4. The van der Waals surface area contributed by atoms with Gasteiger partial charge in [-0.25, -0.2) is 18.4 Å². The van der Waals surface area contributed by atoms with Gasteiger partial charge >= 0.3 is 12.0 Å². The van der Waals surface area contributed by atoms with Crippen LogP contribution < -0.4 is 30.7 Å². The summed E-state index contributed by atoms with van der Waals surface area (Å²) in [7, 11) is 0. The number of hydrogen-bond acceptors (Lipinski definition) is 10. The van der Waals surface area contributed by atoms with Crippen molar-refractivity contribution in [3.05, 3.63) is 53.6 Å². The molecule has 5 aliphatic heterocycles. The minimum Gasteiger partial charge on any atom is -0.458 e. The number of halogens is 2. The summed E-state index contributed by atoms with van der Waals surface area (Å²) < 4.78 is 45.3. The molecule has 0 spiro atoms. The topological polar surface area (TPSA) is 205 Å². The average molecular weight is 838 g/mol. The first kappa shape index (κ1) is 42.1. The highest BCUT2D eigenvalue weighted by molar-refractivity contribution is 5.99. The highest BCUT2D eigenvalue weighted by Gasteiger charge is 2.47. The van der Waals surface area contributed by atoms with E-state index in [1.165, 1.54) is 40.7 Å². The summed E-state index contributed by atoms with van der Waals surface area (Å²) in [6, 6.07) is -0.888. The molecule has 4 saturated heterocycles. The lowest BCUT2D eigenvalue weighted by molar-refractivity contribution is -0.163. The van der Waals surface area contributed by atoms with Crippen molar-refractivity contribution in [3.63, 3.8) is 0 Å². The number of carbonyl (C=O) groups is 7. The average Bonchev–Trinajstić information content (AvgIpc) is 3.98. The van der Waals surface area contributed by atoms with E-state index < -0.39 is 102 Å². The Bertz CT molecular complexity index is 2040. The fraction of sp³-hybridized carbons (Fsp3) is 0.537. The molecule has 0 aliphatic carbocycles. The summed E-state index contributed by atoms with van der Waals surface area (Å²) in [6.45, 7) is 5.30. The molecule has 0 radical (unpaired) electrons. The van der Waals surface area contributed by atoms with Gasteiger partial charge in [-0.15, -0.1) is 0 Å². The Balaban J connectivity index is 1.20. The number of carbonyl (C=O) groups excluding carboxylic acids is 7. The van der Waals surface area contributed by atoms with Crippen molar-refractivity contribution in [2.75, 3.05) is 31.7 Å². The predicted octanol–water partition coefficient (Wildman–Crippen LogP) is 1.97. The van der Waals surface area contributed by atoms with Gasteiger partial charge in [-0.2, -0.15) is 0 Å². The number of anilines is 1. The molecule has 5 aliphatic rings. The van der Waals surface area contributed by atoms with Gasteiger partial charge in [0.15, 0.2) is 11.5 Å². The third-order valence-corrected chi connectivity index (χ3v) is 11.7. The third-order valence-electron chi connectivity index (χ3n) is 11.7. The van der Waals surface area contributed by atoms with Crippen LogP contribution in [0.3, 0.4) is 0 Å². The number of ether oxygens (including phenoxy) is 3. The minimum atomic E-state index is -1.64. The Labute approximate surface area is 344 Å². The van der Waals surface area contributed by atoms with E-state index in [1.54, 1.807) is 6.07 Å². The maximum atomic E-state index is 14.7. The van der Waals surface area contributed by atoms with Crippen LogP contribution in [0.15, 0.2) is 36.4 Å². The molecule has 1 unspecified atom stereocenters. The second-order valence-electron chi connectivity index (χ2n) is 16.1. The fourth-order valence-corrected chi connectivity index (χ4v) is 8.70. The number of fused-ring (bicyclic) bond motifs is 4. The van der Waals surface area contributed by atoms with Crippen LogP contribution in [0.1, 0.15) is 64.9 Å². The summed E-state index contributed by atoms with van der Waals surface area (Å²) in [5.41, 5.74) is 0.266. The van der Waals surface area contributed by atoms with E-state index >= 15 is 0 Å². The maximum absolute atomic E-state index is 14.7. The van der Waals surface area contributed by atoms with Crippen LogP contribution in [0.2, 0.25) is 0 Å². The Hall–Kier alpha value is -6.01. The smallest absolute Gasteiger partial charge is 0.329 e. The van der Waals surface area contributed by atoms with E-state index in [0.717, 1.165) is 12.1 Å². The fourth-order valence-electron chi connectivity index (χ4n) is 8.70. The molecule has 0 aromatic heterocycles. The number of rotatable bonds is 6. The van der Waals surface area contributed by atoms with Crippen molar-refractivity contribution in [1.82, 2.24) is 30.7 Å². The zero-order chi connectivity index (χ0) is 42.8. The molecular formula is C41H49F2N7O10. The number of nitrogens with zero attached hydrogens (tertiary/aromatic N) is 3. The van der Waals surface area contributed by atoms with Crippen LogP contribution in [0.5, 0.6) is 11.5 Å². The van der Waals surface area contributed by atoms with E-state index in [0.29, 0.717) is 43.2 Å². The van der Waals surface area contributed by atoms with Gasteiger partial charge in [0.2, 0.25) is 36.3 Å². The number of piperidine rings is 1. The van der Waals surface area contributed by atoms with E-state index in [2.05, 4.69) is 21.3 Å². The molecule has 19 heteroatoms. The highest BCUT2D eigenvalue weighted by Crippen LogP contribution is 2.34. The lowest BCUT2D eigenvalue weighted by Gasteiger charge is -2.39. The van der Waals surface area contributed by atoms with Crippen LogP contribution in [0.4, 0.5) is 19.3 Å². The van der Waals surface area contributed by atoms with Gasteiger partial charge < -0.3 is 50.2 Å². The van der Waals surface area contributed by atoms with E-state index in [9.17, 15) is 42.3 Å². The molecule has 8 atom stereocenters. The molecular weight excluding hydrogens is 788 g/mol. The number of nitrogens with one attached hydrogen (secondary N) is 4. The molecule has 60 heavy (non-hydrogen) atoms. The van der Waals surface area contributed by atoms with Gasteiger partial charge in [0.1, 0.15) is 54.0 Å². The molecule has 5 heterocycles. The Morgan fingerprint density at radius 1 is 0.817 bits per heavy atom. The van der Waals surface area contributed by atoms with Gasteiger partial charge in [0.25, 0.3) is 0 Å². The molecule has 322 valence electrons.